The molecule has 3 N–H and O–H groups in total. The molecule has 7 nitrogen and oxygen atoms in total. The molecule has 0 bridgehead atoms. The van der Waals surface area contributed by atoms with Crippen LogP contribution in [-0.4, -0.2) is 33.2 Å². The Morgan fingerprint density at radius 1 is 0.960 bits per heavy atom. The summed E-state index contributed by atoms with van der Waals surface area (Å²) >= 11 is 0. The number of hydrogen-bond donors (Lipinski definition) is 3. The number of carbonyl (C=O) groups excluding carboxylic acids is 2. The summed E-state index contributed by atoms with van der Waals surface area (Å²) in [5.41, 5.74) is 1.37. The normalized spacial score (nSPS) is 11.2. The molecule has 0 radical (unpaired) electrons. The highest BCUT2D eigenvalue weighted by molar-refractivity contribution is 5.98. The topological polar surface area (TPSA) is 88.7 Å². The Hall–Kier alpha value is -3.22. The number of imide groups is 1. The van der Waals surface area contributed by atoms with Gasteiger partial charge in [-0.15, -0.1) is 0 Å². The molecule has 0 spiro atoms. The molecule has 25 heavy (non-hydrogen) atoms. The second kappa shape index (κ2) is 8.58. The molecule has 1 unspecified atom stereocenters. The second-order valence-corrected chi connectivity index (χ2v) is 5.13. The van der Waals surface area contributed by atoms with Crippen molar-refractivity contribution in [3.63, 3.8) is 0 Å². The Kier molecular flexibility index (Phi) is 6.22. The molecule has 3 amide bonds. The molecule has 0 aliphatic carbocycles. The molecule has 0 saturated heterocycles. The average Bonchev–Trinajstić information content (AvgIpc) is 2.66. The molecule has 1 atom stereocenters. The van der Waals surface area contributed by atoms with Gasteiger partial charge in [0.05, 0.1) is 14.2 Å². The maximum atomic E-state index is 12.5. The van der Waals surface area contributed by atoms with Crippen molar-refractivity contribution >= 4 is 17.6 Å². The van der Waals surface area contributed by atoms with E-state index < -0.39 is 18.0 Å². The number of nitrogens with one attached hydrogen (secondary N) is 3. The van der Waals surface area contributed by atoms with Crippen LogP contribution in [0, 0.1) is 0 Å². The van der Waals surface area contributed by atoms with E-state index in [0.717, 1.165) is 5.56 Å². The monoisotopic (exact) mass is 343 g/mol. The second-order valence-electron chi connectivity index (χ2n) is 5.13. The highest BCUT2D eigenvalue weighted by atomic mass is 16.5. The van der Waals surface area contributed by atoms with Crippen LogP contribution >= 0.6 is 0 Å². The summed E-state index contributed by atoms with van der Waals surface area (Å²) < 4.78 is 10.5. The number of hydrogen-bond acceptors (Lipinski definition) is 5. The van der Waals surface area contributed by atoms with Crippen molar-refractivity contribution in [1.82, 2.24) is 10.6 Å². The van der Waals surface area contributed by atoms with Gasteiger partial charge in [-0.3, -0.25) is 10.1 Å². The number of urea groups is 1. The van der Waals surface area contributed by atoms with Gasteiger partial charge in [-0.25, -0.2) is 4.79 Å². The Morgan fingerprint density at radius 3 is 2.24 bits per heavy atom. The Bertz CT molecular complexity index is 734. The zero-order valence-corrected chi connectivity index (χ0v) is 14.3. The third-order valence-electron chi connectivity index (χ3n) is 3.55. The molecule has 2 aromatic rings. The number of anilines is 1. The summed E-state index contributed by atoms with van der Waals surface area (Å²) in [6, 6.07) is 13.0. The van der Waals surface area contributed by atoms with Crippen molar-refractivity contribution in [2.45, 2.75) is 6.04 Å². The third kappa shape index (κ3) is 4.63. The average molecular weight is 343 g/mol. The fourth-order valence-corrected chi connectivity index (χ4v) is 2.28. The number of benzene rings is 2. The molecule has 2 rings (SSSR count). The first-order valence-corrected chi connectivity index (χ1v) is 7.65. The Labute approximate surface area is 146 Å². The van der Waals surface area contributed by atoms with E-state index in [4.69, 9.17) is 9.47 Å². The Balaban J connectivity index is 2.30. The van der Waals surface area contributed by atoms with Crippen LogP contribution in [0.3, 0.4) is 0 Å². The highest BCUT2D eigenvalue weighted by Gasteiger charge is 2.22. The van der Waals surface area contributed by atoms with Crippen LogP contribution in [0.1, 0.15) is 11.6 Å². The van der Waals surface area contributed by atoms with Gasteiger partial charge in [0.25, 0.3) is 5.91 Å². The number of amides is 3. The molecule has 2 aromatic carbocycles. The van der Waals surface area contributed by atoms with Crippen molar-refractivity contribution < 1.29 is 19.1 Å². The van der Waals surface area contributed by atoms with Crippen LogP contribution in [0.2, 0.25) is 0 Å². The van der Waals surface area contributed by atoms with E-state index in [1.807, 2.05) is 30.3 Å². The third-order valence-corrected chi connectivity index (χ3v) is 3.55. The molecule has 0 saturated carbocycles. The minimum Gasteiger partial charge on any atom is -0.493 e. The van der Waals surface area contributed by atoms with Gasteiger partial charge in [0.1, 0.15) is 6.04 Å². The lowest BCUT2D eigenvalue weighted by atomic mass is 10.1. The van der Waals surface area contributed by atoms with Crippen LogP contribution in [0.25, 0.3) is 0 Å². The van der Waals surface area contributed by atoms with Crippen LogP contribution in [0.5, 0.6) is 11.5 Å². The predicted molar refractivity (Wildman–Crippen MR) is 95.0 cm³/mol. The summed E-state index contributed by atoms with van der Waals surface area (Å²) in [4.78, 5) is 24.0. The SMILES string of the molecule is CNC(=O)NC(=O)C(Nc1ccc(OC)c(OC)c1)c1ccccc1. The molecular formula is C18H21N3O4. The lowest BCUT2D eigenvalue weighted by molar-refractivity contribution is -0.120. The first-order valence-electron chi connectivity index (χ1n) is 7.65. The van der Waals surface area contributed by atoms with E-state index in [9.17, 15) is 9.59 Å². The van der Waals surface area contributed by atoms with Crippen molar-refractivity contribution in [1.29, 1.82) is 0 Å². The fraction of sp³-hybridized carbons (Fsp3) is 0.222. The van der Waals surface area contributed by atoms with Crippen molar-refractivity contribution in [3.8, 4) is 11.5 Å². The van der Waals surface area contributed by atoms with Gasteiger partial charge in [-0.1, -0.05) is 30.3 Å². The van der Waals surface area contributed by atoms with Gasteiger partial charge in [0.2, 0.25) is 0 Å². The van der Waals surface area contributed by atoms with Gasteiger partial charge in [-0.05, 0) is 17.7 Å². The van der Waals surface area contributed by atoms with Crippen molar-refractivity contribution in [2.24, 2.45) is 0 Å². The van der Waals surface area contributed by atoms with E-state index in [2.05, 4.69) is 16.0 Å². The lowest BCUT2D eigenvalue weighted by Gasteiger charge is -2.20. The molecule has 0 aliphatic rings. The number of rotatable bonds is 6. The van der Waals surface area contributed by atoms with Crippen molar-refractivity contribution in [3.05, 3.63) is 54.1 Å². The highest BCUT2D eigenvalue weighted by Crippen LogP contribution is 2.31. The first kappa shape index (κ1) is 18.1. The van der Waals surface area contributed by atoms with Gasteiger partial charge < -0.3 is 20.1 Å². The van der Waals surface area contributed by atoms with E-state index in [1.54, 1.807) is 25.3 Å². The van der Waals surface area contributed by atoms with Crippen LogP contribution in [0.4, 0.5) is 10.5 Å². The summed E-state index contributed by atoms with van der Waals surface area (Å²) in [5.74, 6) is 0.644. The number of ether oxygens (including phenoxy) is 2. The summed E-state index contributed by atoms with van der Waals surface area (Å²) in [6.45, 7) is 0. The van der Waals surface area contributed by atoms with Crippen LogP contribution in [-0.2, 0) is 4.79 Å². The fourth-order valence-electron chi connectivity index (χ4n) is 2.28. The molecule has 0 aromatic heterocycles. The van der Waals surface area contributed by atoms with Gasteiger partial charge in [-0.2, -0.15) is 0 Å². The van der Waals surface area contributed by atoms with E-state index in [1.165, 1.54) is 14.2 Å². The van der Waals surface area contributed by atoms with E-state index >= 15 is 0 Å². The predicted octanol–water partition coefficient (Wildman–Crippen LogP) is 2.31. The zero-order valence-electron chi connectivity index (χ0n) is 14.3. The number of carbonyl (C=O) groups is 2. The minimum atomic E-state index is -0.753. The first-order chi connectivity index (χ1) is 12.1. The number of methoxy groups -OCH3 is 2. The van der Waals surface area contributed by atoms with Crippen LogP contribution < -0.4 is 25.4 Å². The van der Waals surface area contributed by atoms with E-state index in [-0.39, 0.29) is 0 Å². The van der Waals surface area contributed by atoms with Gasteiger partial charge in [0.15, 0.2) is 11.5 Å². The minimum absolute atomic E-state index is 0.472. The quantitative estimate of drug-likeness (QED) is 0.749. The van der Waals surface area contributed by atoms with Crippen molar-refractivity contribution in [2.75, 3.05) is 26.6 Å². The summed E-state index contributed by atoms with van der Waals surface area (Å²) in [7, 11) is 4.53. The van der Waals surface area contributed by atoms with Gasteiger partial charge >= 0.3 is 6.03 Å². The molecule has 0 heterocycles. The maximum Gasteiger partial charge on any atom is 0.321 e. The standard InChI is InChI=1S/C18H21N3O4/c1-19-18(23)21-17(22)16(12-7-5-4-6-8-12)20-13-9-10-14(24-2)15(11-13)25-3/h4-11,16,20H,1-3H3,(H2,19,21,22,23). The largest absolute Gasteiger partial charge is 0.493 e. The summed E-state index contributed by atoms with van der Waals surface area (Å²) in [5, 5.41) is 7.78. The summed E-state index contributed by atoms with van der Waals surface area (Å²) in [6.07, 6.45) is 0. The maximum absolute atomic E-state index is 12.5. The molecule has 0 fully saturated rings. The zero-order chi connectivity index (χ0) is 18.2. The molecule has 132 valence electrons. The Morgan fingerprint density at radius 2 is 1.64 bits per heavy atom. The molecule has 7 heteroatoms. The van der Waals surface area contributed by atoms with E-state index in [0.29, 0.717) is 17.2 Å². The molecule has 0 aliphatic heterocycles. The van der Waals surface area contributed by atoms with Gasteiger partial charge in [0, 0.05) is 18.8 Å². The molecular weight excluding hydrogens is 322 g/mol. The van der Waals surface area contributed by atoms with Crippen LogP contribution in [0.15, 0.2) is 48.5 Å². The lowest BCUT2D eigenvalue weighted by Crippen LogP contribution is -2.42. The smallest absolute Gasteiger partial charge is 0.321 e.